The van der Waals surface area contributed by atoms with E-state index < -0.39 is 59.9 Å². The minimum absolute atomic E-state index is 0.0297. The number of amides is 1. The third-order valence-electron chi connectivity index (χ3n) is 6.99. The maximum Gasteiger partial charge on any atom is 0.416 e. The van der Waals surface area contributed by atoms with Gasteiger partial charge in [0.25, 0.3) is 0 Å². The maximum absolute atomic E-state index is 13.7. The summed E-state index contributed by atoms with van der Waals surface area (Å²) >= 11 is 0. The predicted molar refractivity (Wildman–Crippen MR) is 143 cm³/mol. The van der Waals surface area contributed by atoms with Gasteiger partial charge in [-0.3, -0.25) is 4.90 Å². The predicted octanol–water partition coefficient (Wildman–Crippen LogP) is 6.51. The number of aromatic carboxylic acids is 1. The van der Waals surface area contributed by atoms with Gasteiger partial charge in [0.2, 0.25) is 5.88 Å². The lowest BCUT2D eigenvalue weighted by Crippen LogP contribution is -2.48. The molecule has 4 rings (SSSR count). The molecule has 1 aliphatic rings. The van der Waals surface area contributed by atoms with Crippen LogP contribution in [0.2, 0.25) is 0 Å². The highest BCUT2D eigenvalue weighted by molar-refractivity contribution is 5.90. The van der Waals surface area contributed by atoms with E-state index in [1.165, 1.54) is 23.0 Å². The molecule has 44 heavy (non-hydrogen) atoms. The van der Waals surface area contributed by atoms with Crippen molar-refractivity contribution in [3.05, 3.63) is 70.8 Å². The molecular weight excluding hydrogens is 600 g/mol. The number of ether oxygens (including phenoxy) is 2. The van der Waals surface area contributed by atoms with Crippen molar-refractivity contribution in [1.82, 2.24) is 15.0 Å². The first kappa shape index (κ1) is 32.3. The van der Waals surface area contributed by atoms with E-state index in [1.54, 1.807) is 19.9 Å². The fourth-order valence-corrected chi connectivity index (χ4v) is 4.99. The van der Waals surface area contributed by atoms with E-state index in [-0.39, 0.29) is 47.7 Å². The Labute approximate surface area is 247 Å². The number of nitrogens with zero attached hydrogens (tertiary/aromatic N) is 5. The first-order chi connectivity index (χ1) is 20.7. The van der Waals surface area contributed by atoms with Crippen molar-refractivity contribution in [2.45, 2.75) is 57.7 Å². The number of aromatic nitrogens is 3. The monoisotopic (exact) mass is 627 g/mol. The number of carboxylic acid groups (broad SMARTS) is 1. The van der Waals surface area contributed by atoms with Crippen LogP contribution in [0, 0.1) is 0 Å². The number of hydrogen-bond acceptors (Lipinski definition) is 8. The van der Waals surface area contributed by atoms with Gasteiger partial charge in [-0.2, -0.15) is 26.3 Å². The van der Waals surface area contributed by atoms with E-state index in [1.807, 2.05) is 0 Å². The Morgan fingerprint density at radius 1 is 1.02 bits per heavy atom. The molecule has 2 aromatic heterocycles. The van der Waals surface area contributed by atoms with Crippen molar-refractivity contribution in [3.8, 4) is 5.88 Å². The van der Waals surface area contributed by atoms with E-state index in [2.05, 4.69) is 15.0 Å². The molecule has 1 N–H and O–H groups in total. The normalized spacial score (nSPS) is 16.7. The number of benzene rings is 1. The zero-order valence-electron chi connectivity index (χ0n) is 23.6. The lowest BCUT2D eigenvalue weighted by atomic mass is 9.91. The first-order valence-electron chi connectivity index (χ1n) is 13.3. The van der Waals surface area contributed by atoms with Crippen molar-refractivity contribution in [2.75, 3.05) is 23.5 Å². The van der Waals surface area contributed by atoms with Crippen molar-refractivity contribution < 1.29 is 50.5 Å². The number of hydrogen-bond donors (Lipinski definition) is 1. The molecule has 0 spiro atoms. The summed E-state index contributed by atoms with van der Waals surface area (Å²) in [6.07, 6.45) is -8.37. The molecule has 0 saturated heterocycles. The second kappa shape index (κ2) is 12.5. The molecule has 0 radical (unpaired) electrons. The number of carbonyl (C=O) groups is 2. The number of alkyl halides is 6. The van der Waals surface area contributed by atoms with Crippen LogP contribution in [0.15, 0.2) is 42.7 Å². The van der Waals surface area contributed by atoms with E-state index in [9.17, 15) is 41.0 Å². The highest BCUT2D eigenvalue weighted by atomic mass is 19.4. The second-order valence-corrected chi connectivity index (χ2v) is 9.75. The van der Waals surface area contributed by atoms with Crippen LogP contribution in [-0.4, -0.2) is 51.9 Å². The number of rotatable bonds is 8. The molecule has 0 aliphatic carbocycles. The highest BCUT2D eigenvalue weighted by Gasteiger charge is 2.42. The summed E-state index contributed by atoms with van der Waals surface area (Å²) < 4.78 is 92.7. The quantitative estimate of drug-likeness (QED) is 0.279. The lowest BCUT2D eigenvalue weighted by Gasteiger charge is -2.43. The van der Waals surface area contributed by atoms with Crippen molar-refractivity contribution in [2.24, 2.45) is 0 Å². The zero-order valence-corrected chi connectivity index (χ0v) is 23.6. The topological polar surface area (TPSA) is 118 Å². The van der Waals surface area contributed by atoms with Gasteiger partial charge in [0.05, 0.1) is 54.7 Å². The lowest BCUT2D eigenvalue weighted by molar-refractivity contribution is -0.143. The Balaban J connectivity index is 1.93. The molecule has 16 heteroatoms. The van der Waals surface area contributed by atoms with E-state index in [4.69, 9.17) is 9.47 Å². The average molecular weight is 628 g/mol. The van der Waals surface area contributed by atoms with Gasteiger partial charge < -0.3 is 19.5 Å². The number of halogens is 6. The Hall–Kier alpha value is -4.63. The Morgan fingerprint density at radius 3 is 2.18 bits per heavy atom. The molecule has 0 bridgehead atoms. The van der Waals surface area contributed by atoms with Crippen LogP contribution in [0.25, 0.3) is 0 Å². The average Bonchev–Trinajstić information content (AvgIpc) is 2.98. The van der Waals surface area contributed by atoms with Crippen molar-refractivity contribution >= 4 is 23.6 Å². The zero-order chi connectivity index (χ0) is 32.4. The van der Waals surface area contributed by atoms with Gasteiger partial charge in [-0.05, 0) is 49.6 Å². The molecule has 1 amide bonds. The van der Waals surface area contributed by atoms with Gasteiger partial charge in [-0.25, -0.2) is 24.5 Å². The maximum atomic E-state index is 13.7. The minimum Gasteiger partial charge on any atom is -0.481 e. The van der Waals surface area contributed by atoms with Crippen LogP contribution in [0.1, 0.15) is 65.6 Å². The van der Waals surface area contributed by atoms with E-state index in [0.717, 1.165) is 12.4 Å². The van der Waals surface area contributed by atoms with E-state index >= 15 is 0 Å². The summed E-state index contributed by atoms with van der Waals surface area (Å²) in [5.41, 5.74) is -3.31. The molecule has 1 unspecified atom stereocenters. The summed E-state index contributed by atoms with van der Waals surface area (Å²) in [5.74, 6) is -1.33. The number of methoxy groups -OCH3 is 1. The number of carboxylic acids is 1. The summed E-state index contributed by atoms with van der Waals surface area (Å²) in [5, 5.41) is 9.29. The van der Waals surface area contributed by atoms with Crippen molar-refractivity contribution in [3.63, 3.8) is 0 Å². The van der Waals surface area contributed by atoms with E-state index in [0.29, 0.717) is 18.6 Å². The standard InChI is InChI=1S/C28H27F6N5O5/c1-4-18-11-21(24-20(6-7-23(37-24)43-3)39(18)26(42)44-5-2)38(22-13-35-19(12-36-22)25(40)41)14-15-8-16(27(29,30)31)10-17(9-15)28(32,33)34/h6-10,12-13,18,21H,4-5,11,14H2,1-3H3,(H,40,41)/t18-,21?/m1/s1. The molecule has 0 fully saturated rings. The Kier molecular flexibility index (Phi) is 9.20. The summed E-state index contributed by atoms with van der Waals surface area (Å²) in [6.45, 7) is 2.95. The largest absolute Gasteiger partial charge is 0.481 e. The number of pyridine rings is 1. The third-order valence-corrected chi connectivity index (χ3v) is 6.99. The molecule has 1 aliphatic heterocycles. The number of carbonyl (C=O) groups excluding carboxylic acids is 1. The summed E-state index contributed by atoms with van der Waals surface area (Å²) in [6, 6.07) is 2.85. The molecule has 236 valence electrons. The molecule has 2 atom stereocenters. The molecule has 3 heterocycles. The van der Waals surface area contributed by atoms with Crippen LogP contribution in [0.3, 0.4) is 0 Å². The van der Waals surface area contributed by atoms with Crippen LogP contribution < -0.4 is 14.5 Å². The molecule has 1 aromatic carbocycles. The molecule has 0 saturated carbocycles. The third kappa shape index (κ3) is 6.78. The molecular formula is C28H27F6N5O5. The summed E-state index contributed by atoms with van der Waals surface area (Å²) in [4.78, 5) is 39.7. The van der Waals surface area contributed by atoms with Gasteiger partial charge in [-0.15, -0.1) is 0 Å². The Bertz CT molecular complexity index is 1480. The number of anilines is 2. The van der Waals surface area contributed by atoms with Crippen LogP contribution >= 0.6 is 0 Å². The summed E-state index contributed by atoms with van der Waals surface area (Å²) in [7, 11) is 1.35. The van der Waals surface area contributed by atoms with Gasteiger partial charge in [0.15, 0.2) is 5.69 Å². The van der Waals surface area contributed by atoms with Gasteiger partial charge in [0, 0.05) is 18.7 Å². The number of fused-ring (bicyclic) bond motifs is 1. The fourth-order valence-electron chi connectivity index (χ4n) is 4.99. The molecule has 3 aromatic rings. The van der Waals surface area contributed by atoms with Crippen LogP contribution in [-0.2, 0) is 23.6 Å². The second-order valence-electron chi connectivity index (χ2n) is 9.75. The van der Waals surface area contributed by atoms with Gasteiger partial charge in [0.1, 0.15) is 5.82 Å². The smallest absolute Gasteiger partial charge is 0.416 e. The van der Waals surface area contributed by atoms with Crippen LogP contribution in [0.5, 0.6) is 5.88 Å². The van der Waals surface area contributed by atoms with Gasteiger partial charge >= 0.3 is 24.4 Å². The Morgan fingerprint density at radius 2 is 1.68 bits per heavy atom. The minimum atomic E-state index is -5.08. The highest BCUT2D eigenvalue weighted by Crippen LogP contribution is 2.44. The fraction of sp³-hybridized carbons (Fsp3) is 0.393. The van der Waals surface area contributed by atoms with Gasteiger partial charge in [-0.1, -0.05) is 6.92 Å². The van der Waals surface area contributed by atoms with Crippen molar-refractivity contribution in [1.29, 1.82) is 0 Å². The SMILES string of the molecule is CCOC(=O)N1c2ccc(OC)nc2C(N(Cc2cc(C(F)(F)F)cc(C(F)(F)F)c2)c2cnc(C(=O)O)cn2)C[C@H]1CC. The first-order valence-corrected chi connectivity index (χ1v) is 13.3. The van der Waals surface area contributed by atoms with Crippen LogP contribution in [0.4, 0.5) is 42.6 Å². The molecule has 10 nitrogen and oxygen atoms in total.